The van der Waals surface area contributed by atoms with Crippen molar-refractivity contribution in [2.24, 2.45) is 5.92 Å². The Morgan fingerprint density at radius 2 is 1.29 bits per heavy atom. The quantitative estimate of drug-likeness (QED) is 0.211. The summed E-state index contributed by atoms with van der Waals surface area (Å²) in [6, 6.07) is -0.576. The first kappa shape index (κ1) is 26.7. The van der Waals surface area contributed by atoms with E-state index in [1.165, 1.54) is 56.3 Å². The molecule has 5 heteroatoms. The van der Waals surface area contributed by atoms with Crippen molar-refractivity contribution in [2.75, 3.05) is 20.3 Å². The van der Waals surface area contributed by atoms with Gasteiger partial charge in [-0.3, -0.25) is 4.90 Å². The highest BCUT2D eigenvalue weighted by atomic mass is 16.6. The lowest BCUT2D eigenvalue weighted by molar-refractivity contribution is -0.149. The Hall–Kier alpha value is -1.26. The van der Waals surface area contributed by atoms with E-state index in [2.05, 4.69) is 6.92 Å². The van der Waals surface area contributed by atoms with Crippen LogP contribution in [0.25, 0.3) is 0 Å². The van der Waals surface area contributed by atoms with Crippen molar-refractivity contribution in [1.82, 2.24) is 4.90 Å². The van der Waals surface area contributed by atoms with E-state index in [-0.39, 0.29) is 11.9 Å². The third kappa shape index (κ3) is 13.8. The molecule has 28 heavy (non-hydrogen) atoms. The maximum atomic E-state index is 12.5. The molecule has 0 heterocycles. The smallest absolute Gasteiger partial charge is 0.410 e. The molecule has 0 saturated heterocycles. The lowest BCUT2D eigenvalue weighted by atomic mass is 10.0. The molecule has 0 aliphatic carbocycles. The van der Waals surface area contributed by atoms with E-state index in [9.17, 15) is 9.59 Å². The molecule has 0 N–H and O–H groups in total. The topological polar surface area (TPSA) is 55.8 Å². The lowest BCUT2D eigenvalue weighted by Gasteiger charge is -2.27. The Morgan fingerprint density at radius 1 is 0.750 bits per heavy atom. The fraction of sp³-hybridized carbons (Fsp3) is 0.913. The third-order valence-electron chi connectivity index (χ3n) is 4.89. The molecular formula is C23H45NO4. The number of nitrogens with zero attached hydrogens (tertiary/aromatic N) is 1. The van der Waals surface area contributed by atoms with E-state index in [0.717, 1.165) is 19.3 Å². The second kappa shape index (κ2) is 17.8. The molecule has 0 fully saturated rings. The summed E-state index contributed by atoms with van der Waals surface area (Å²) in [7, 11) is 1.62. The van der Waals surface area contributed by atoms with Crippen molar-refractivity contribution in [1.29, 1.82) is 0 Å². The van der Waals surface area contributed by atoms with E-state index in [1.54, 1.807) is 7.05 Å². The fourth-order valence-electron chi connectivity index (χ4n) is 3.14. The Balaban J connectivity index is 4.03. The summed E-state index contributed by atoms with van der Waals surface area (Å²) in [5.41, 5.74) is 0. The van der Waals surface area contributed by atoms with Crippen LogP contribution >= 0.6 is 0 Å². The van der Waals surface area contributed by atoms with Gasteiger partial charge in [-0.25, -0.2) is 9.59 Å². The van der Waals surface area contributed by atoms with E-state index in [1.807, 2.05) is 20.8 Å². The first-order valence-corrected chi connectivity index (χ1v) is 11.5. The van der Waals surface area contributed by atoms with Gasteiger partial charge < -0.3 is 9.47 Å². The van der Waals surface area contributed by atoms with Crippen molar-refractivity contribution in [2.45, 2.75) is 111 Å². The zero-order chi connectivity index (χ0) is 21.2. The number of carbonyl (C=O) groups is 2. The number of hydrogen-bond donors (Lipinski definition) is 0. The molecule has 0 rings (SSSR count). The summed E-state index contributed by atoms with van der Waals surface area (Å²) < 4.78 is 10.6. The molecule has 0 radical (unpaired) electrons. The van der Waals surface area contributed by atoms with Crippen LogP contribution < -0.4 is 0 Å². The highest BCUT2D eigenvalue weighted by molar-refractivity contribution is 5.81. The number of ether oxygens (including phenoxy) is 2. The maximum Gasteiger partial charge on any atom is 0.410 e. The largest absolute Gasteiger partial charge is 0.464 e. The number of hydrogen-bond acceptors (Lipinski definition) is 4. The molecule has 0 aliphatic rings. The highest BCUT2D eigenvalue weighted by Crippen LogP contribution is 2.14. The van der Waals surface area contributed by atoms with Crippen LogP contribution in [0, 0.1) is 5.92 Å². The summed E-state index contributed by atoms with van der Waals surface area (Å²) in [6.45, 7) is 9.06. The highest BCUT2D eigenvalue weighted by Gasteiger charge is 2.29. The molecular weight excluding hydrogens is 354 g/mol. The fourth-order valence-corrected chi connectivity index (χ4v) is 3.14. The predicted molar refractivity (Wildman–Crippen MR) is 115 cm³/mol. The van der Waals surface area contributed by atoms with Gasteiger partial charge in [-0.15, -0.1) is 0 Å². The van der Waals surface area contributed by atoms with Gasteiger partial charge in [-0.05, 0) is 25.2 Å². The van der Waals surface area contributed by atoms with Crippen molar-refractivity contribution in [3.63, 3.8) is 0 Å². The summed E-state index contributed by atoms with van der Waals surface area (Å²) in [5.74, 6) is -0.0307. The maximum absolute atomic E-state index is 12.5. The molecule has 0 aliphatic heterocycles. The molecule has 1 atom stereocenters. The van der Waals surface area contributed by atoms with E-state index >= 15 is 0 Å². The average Bonchev–Trinajstić information content (AvgIpc) is 2.67. The molecule has 166 valence electrons. The Kier molecular flexibility index (Phi) is 17.0. The summed E-state index contributed by atoms with van der Waals surface area (Å²) in [5, 5.41) is 0. The minimum absolute atomic E-state index is 0.288. The van der Waals surface area contributed by atoms with Gasteiger partial charge in [-0.1, -0.05) is 85.5 Å². The predicted octanol–water partition coefficient (Wildman–Crippen LogP) is 6.34. The Morgan fingerprint density at radius 3 is 1.79 bits per heavy atom. The van der Waals surface area contributed by atoms with Gasteiger partial charge in [-0.2, -0.15) is 0 Å². The van der Waals surface area contributed by atoms with Crippen LogP contribution in [0.5, 0.6) is 0 Å². The van der Waals surface area contributed by atoms with Crippen LogP contribution in [-0.2, 0) is 14.3 Å². The van der Waals surface area contributed by atoms with Gasteiger partial charge in [0.05, 0.1) is 13.2 Å². The molecule has 0 spiro atoms. The van der Waals surface area contributed by atoms with Gasteiger partial charge in [0.1, 0.15) is 6.04 Å². The second-order valence-electron chi connectivity index (χ2n) is 8.22. The normalized spacial score (nSPS) is 12.1. The SMILES string of the molecule is CCCCCCCCCCCCOC(=O)C(CC(C)C)N(C)C(=O)OCCC. The first-order chi connectivity index (χ1) is 13.4. The molecule has 5 nitrogen and oxygen atoms in total. The van der Waals surface area contributed by atoms with Gasteiger partial charge >= 0.3 is 12.1 Å². The van der Waals surface area contributed by atoms with Crippen molar-refractivity contribution < 1.29 is 19.1 Å². The van der Waals surface area contributed by atoms with Crippen molar-refractivity contribution in [3.8, 4) is 0 Å². The second-order valence-corrected chi connectivity index (χ2v) is 8.22. The number of unbranched alkanes of at least 4 members (excludes halogenated alkanes) is 9. The number of carbonyl (C=O) groups excluding carboxylic acids is 2. The van der Waals surface area contributed by atoms with Gasteiger partial charge in [0.25, 0.3) is 0 Å². The van der Waals surface area contributed by atoms with E-state index < -0.39 is 12.1 Å². The summed E-state index contributed by atoms with van der Waals surface area (Å²) in [6.07, 6.45) is 13.4. The van der Waals surface area contributed by atoms with Gasteiger partial charge in [0, 0.05) is 7.05 Å². The van der Waals surface area contributed by atoms with E-state index in [4.69, 9.17) is 9.47 Å². The van der Waals surface area contributed by atoms with Gasteiger partial charge in [0.15, 0.2) is 0 Å². The molecule has 0 aromatic heterocycles. The van der Waals surface area contributed by atoms with E-state index in [0.29, 0.717) is 19.6 Å². The van der Waals surface area contributed by atoms with Crippen LogP contribution in [-0.4, -0.2) is 43.3 Å². The van der Waals surface area contributed by atoms with Crippen LogP contribution in [0.15, 0.2) is 0 Å². The van der Waals surface area contributed by atoms with Gasteiger partial charge in [0.2, 0.25) is 0 Å². The number of likely N-dealkylation sites (N-methyl/N-ethyl adjacent to an activating group) is 1. The van der Waals surface area contributed by atoms with Crippen molar-refractivity contribution >= 4 is 12.1 Å². The Labute approximate surface area is 173 Å². The monoisotopic (exact) mass is 399 g/mol. The zero-order valence-electron chi connectivity index (χ0n) is 19.1. The zero-order valence-corrected chi connectivity index (χ0v) is 19.1. The third-order valence-corrected chi connectivity index (χ3v) is 4.89. The molecule has 0 saturated carbocycles. The lowest BCUT2D eigenvalue weighted by Crippen LogP contribution is -2.44. The Bertz CT molecular complexity index is 398. The molecule has 0 bridgehead atoms. The van der Waals surface area contributed by atoms with Crippen LogP contribution in [0.2, 0.25) is 0 Å². The molecule has 1 unspecified atom stereocenters. The number of amides is 1. The van der Waals surface area contributed by atoms with Crippen molar-refractivity contribution in [3.05, 3.63) is 0 Å². The summed E-state index contributed by atoms with van der Waals surface area (Å²) >= 11 is 0. The summed E-state index contributed by atoms with van der Waals surface area (Å²) in [4.78, 5) is 26.0. The average molecular weight is 400 g/mol. The molecule has 0 aromatic carbocycles. The van der Waals surface area contributed by atoms with Crippen LogP contribution in [0.4, 0.5) is 4.79 Å². The van der Waals surface area contributed by atoms with Crippen LogP contribution in [0.1, 0.15) is 105 Å². The minimum atomic E-state index is -0.576. The first-order valence-electron chi connectivity index (χ1n) is 11.5. The van der Waals surface area contributed by atoms with Crippen LogP contribution in [0.3, 0.4) is 0 Å². The molecule has 0 aromatic rings. The number of rotatable bonds is 17. The standard InChI is InChI=1S/C23H45NO4/c1-6-8-9-10-11-12-13-14-15-16-18-27-22(25)21(19-20(3)4)24(5)23(26)28-17-7-2/h20-21H,6-19H2,1-5H3. The molecule has 1 amide bonds. The minimum Gasteiger partial charge on any atom is -0.464 e. The number of esters is 1.